The van der Waals surface area contributed by atoms with E-state index >= 15 is 0 Å². The largest absolute Gasteiger partial charge is 0.451 e. The van der Waals surface area contributed by atoms with Crippen molar-refractivity contribution in [1.29, 1.82) is 0 Å². The molecule has 2 aliphatic rings. The number of fused-ring (bicyclic) bond motifs is 1. The van der Waals surface area contributed by atoms with Gasteiger partial charge in [-0.15, -0.1) is 0 Å². The molecule has 0 aliphatic heterocycles. The van der Waals surface area contributed by atoms with Crippen LogP contribution in [-0.4, -0.2) is 38.4 Å². The third-order valence-corrected chi connectivity index (χ3v) is 7.62. The second-order valence-corrected chi connectivity index (χ2v) is 9.53. The van der Waals surface area contributed by atoms with Crippen LogP contribution in [0.1, 0.15) is 38.8 Å². The van der Waals surface area contributed by atoms with E-state index in [2.05, 4.69) is 0 Å². The van der Waals surface area contributed by atoms with Crippen molar-refractivity contribution in [3.8, 4) is 0 Å². The van der Waals surface area contributed by atoms with Crippen molar-refractivity contribution in [3.63, 3.8) is 0 Å². The molecule has 2 aliphatic carbocycles. The molecule has 0 amide bonds. The van der Waals surface area contributed by atoms with Gasteiger partial charge in [-0.1, -0.05) is 85.0 Å². The zero-order valence-electron chi connectivity index (χ0n) is 21.6. The summed E-state index contributed by atoms with van der Waals surface area (Å²) in [7, 11) is 3.15. The summed E-state index contributed by atoms with van der Waals surface area (Å²) < 4.78 is 25.0. The lowest BCUT2D eigenvalue weighted by atomic mass is 9.63. The van der Waals surface area contributed by atoms with Crippen LogP contribution in [0, 0.1) is 5.92 Å². The molecule has 194 valence electrons. The number of carbonyl (C=O) groups excluding carboxylic acids is 2. The van der Waals surface area contributed by atoms with Crippen molar-refractivity contribution in [2.75, 3.05) is 14.2 Å². The fraction of sp³-hybridized carbons (Fsp3) is 0.250. The highest BCUT2D eigenvalue weighted by atomic mass is 16.6. The Morgan fingerprint density at radius 2 is 1.11 bits per heavy atom. The third kappa shape index (κ3) is 4.16. The molecule has 38 heavy (non-hydrogen) atoms. The highest BCUT2D eigenvalue weighted by Gasteiger charge is 2.64. The van der Waals surface area contributed by atoms with Gasteiger partial charge < -0.3 is 18.9 Å². The average Bonchev–Trinajstić information content (AvgIpc) is 3.52. The van der Waals surface area contributed by atoms with E-state index in [-0.39, 0.29) is 5.92 Å². The number of methoxy groups -OCH3 is 2. The minimum atomic E-state index is -1.20. The molecule has 0 unspecified atom stereocenters. The van der Waals surface area contributed by atoms with Gasteiger partial charge in [-0.3, -0.25) is 0 Å². The predicted octanol–water partition coefficient (Wildman–Crippen LogP) is 5.60. The van der Waals surface area contributed by atoms with E-state index in [9.17, 15) is 9.59 Å². The maximum absolute atomic E-state index is 13.5. The van der Waals surface area contributed by atoms with E-state index in [0.717, 1.165) is 11.1 Å². The van der Waals surface area contributed by atoms with Gasteiger partial charge in [-0.25, -0.2) is 9.59 Å². The summed E-state index contributed by atoms with van der Waals surface area (Å²) in [6, 6.07) is 25.2. The van der Waals surface area contributed by atoms with E-state index < -0.39 is 35.3 Å². The normalized spacial score (nSPS) is 26.1. The molecule has 0 saturated carbocycles. The van der Waals surface area contributed by atoms with Gasteiger partial charge in [0.05, 0.1) is 11.1 Å². The molecule has 0 radical (unpaired) electrons. The molecule has 0 bridgehead atoms. The van der Waals surface area contributed by atoms with Crippen LogP contribution in [0.25, 0.3) is 0 Å². The lowest BCUT2D eigenvalue weighted by Gasteiger charge is -2.54. The summed E-state index contributed by atoms with van der Waals surface area (Å²) >= 11 is 0. The van der Waals surface area contributed by atoms with Crippen LogP contribution in [-0.2, 0) is 30.1 Å². The van der Waals surface area contributed by atoms with Crippen LogP contribution in [0.15, 0.2) is 109 Å². The Kier molecular flexibility index (Phi) is 7.02. The number of allylic oxidation sites excluding steroid dienone is 2. The van der Waals surface area contributed by atoms with E-state index in [0.29, 0.717) is 11.1 Å². The Morgan fingerprint density at radius 1 is 0.632 bits per heavy atom. The summed E-state index contributed by atoms with van der Waals surface area (Å²) in [5.74, 6) is -1.41. The van der Waals surface area contributed by atoms with Crippen LogP contribution >= 0.6 is 0 Å². The van der Waals surface area contributed by atoms with E-state index in [1.165, 1.54) is 0 Å². The van der Waals surface area contributed by atoms with Crippen molar-refractivity contribution in [3.05, 3.63) is 131 Å². The predicted molar refractivity (Wildman–Crippen MR) is 143 cm³/mol. The molecule has 6 heteroatoms. The van der Waals surface area contributed by atoms with Gasteiger partial charge in [0.25, 0.3) is 0 Å². The Bertz CT molecular complexity index is 1350. The minimum absolute atomic E-state index is 0.304. The molecular weight excluding hydrogens is 480 g/mol. The fourth-order valence-electron chi connectivity index (χ4n) is 5.59. The van der Waals surface area contributed by atoms with Crippen molar-refractivity contribution < 1.29 is 28.5 Å². The maximum atomic E-state index is 13.5. The molecule has 3 aromatic rings. The standard InChI is InChI=1S/C32H30O6/c1-31(35-2)25-20-12-13-21-26(25)32(36-3,24-18-10-11-19-24)28(38-30(34)23-16-8-5-9-17-23)27(31)37-29(33)22-14-6-4-7-15-22/h4-21,24,27-28H,1-3H3/t27-,28+,31+,32-/m0/s1. The number of benzene rings is 3. The molecule has 0 heterocycles. The number of hydrogen-bond acceptors (Lipinski definition) is 6. The zero-order valence-corrected chi connectivity index (χ0v) is 21.6. The van der Waals surface area contributed by atoms with Crippen molar-refractivity contribution >= 4 is 11.9 Å². The van der Waals surface area contributed by atoms with Crippen LogP contribution < -0.4 is 0 Å². The first-order chi connectivity index (χ1) is 18.5. The van der Waals surface area contributed by atoms with E-state index in [1.807, 2.05) is 67.6 Å². The number of hydrogen-bond donors (Lipinski definition) is 0. The van der Waals surface area contributed by atoms with Crippen molar-refractivity contribution in [2.24, 2.45) is 5.92 Å². The van der Waals surface area contributed by atoms with Crippen LogP contribution in [0.2, 0.25) is 0 Å². The van der Waals surface area contributed by atoms with Crippen LogP contribution in [0.3, 0.4) is 0 Å². The van der Waals surface area contributed by atoms with Crippen LogP contribution in [0.5, 0.6) is 0 Å². The molecular formula is C32H30O6. The number of carbonyl (C=O) groups is 2. The first-order valence-corrected chi connectivity index (χ1v) is 12.5. The van der Waals surface area contributed by atoms with Crippen molar-refractivity contribution in [1.82, 2.24) is 0 Å². The number of rotatable bonds is 7. The molecule has 0 N–H and O–H groups in total. The summed E-state index contributed by atoms with van der Waals surface area (Å²) in [5, 5.41) is 0. The minimum Gasteiger partial charge on any atom is -0.451 e. The Morgan fingerprint density at radius 3 is 1.61 bits per heavy atom. The molecule has 0 fully saturated rings. The quantitative estimate of drug-likeness (QED) is 0.386. The van der Waals surface area contributed by atoms with Crippen LogP contribution in [0.4, 0.5) is 0 Å². The Labute approximate surface area is 222 Å². The van der Waals surface area contributed by atoms with Gasteiger partial charge in [0.1, 0.15) is 11.2 Å². The molecule has 3 aromatic carbocycles. The zero-order chi connectivity index (χ0) is 26.8. The third-order valence-electron chi connectivity index (χ3n) is 7.62. The summed E-state index contributed by atoms with van der Waals surface area (Å²) in [4.78, 5) is 27.0. The van der Waals surface area contributed by atoms with E-state index in [1.54, 1.807) is 62.8 Å². The van der Waals surface area contributed by atoms with Gasteiger partial charge in [-0.2, -0.15) is 0 Å². The Balaban J connectivity index is 1.71. The molecule has 0 aromatic heterocycles. The van der Waals surface area contributed by atoms with Gasteiger partial charge in [0, 0.05) is 20.1 Å². The lowest BCUT2D eigenvalue weighted by Crippen LogP contribution is -2.65. The van der Waals surface area contributed by atoms with Gasteiger partial charge in [-0.05, 0) is 42.3 Å². The second kappa shape index (κ2) is 10.4. The molecule has 6 nitrogen and oxygen atoms in total. The summed E-state index contributed by atoms with van der Waals surface area (Å²) in [6.07, 6.45) is 5.73. The average molecular weight is 511 g/mol. The van der Waals surface area contributed by atoms with Gasteiger partial charge in [0.15, 0.2) is 12.2 Å². The highest BCUT2D eigenvalue weighted by molar-refractivity contribution is 5.90. The number of esters is 2. The second-order valence-electron chi connectivity index (χ2n) is 9.53. The Hall–Kier alpha value is -4.00. The molecule has 5 rings (SSSR count). The molecule has 4 atom stereocenters. The fourth-order valence-corrected chi connectivity index (χ4v) is 5.59. The molecule has 0 saturated heterocycles. The SMILES string of the molecule is CO[C@@]1(C2C=CC=C2)c2ccccc2[C@@](C)(OC)[C@@H](OC(=O)c2ccccc2)[C@H]1OC(=O)c1ccccc1. The number of ether oxygens (including phenoxy) is 4. The van der Waals surface area contributed by atoms with Crippen molar-refractivity contribution in [2.45, 2.75) is 30.3 Å². The maximum Gasteiger partial charge on any atom is 0.338 e. The summed E-state index contributed by atoms with van der Waals surface area (Å²) in [5.41, 5.74) is -0.0226. The topological polar surface area (TPSA) is 71.1 Å². The first-order valence-electron chi connectivity index (χ1n) is 12.5. The monoisotopic (exact) mass is 510 g/mol. The smallest absolute Gasteiger partial charge is 0.338 e. The lowest BCUT2D eigenvalue weighted by molar-refractivity contribution is -0.227. The first kappa shape index (κ1) is 25.6. The summed E-state index contributed by atoms with van der Waals surface area (Å²) in [6.45, 7) is 1.85. The van der Waals surface area contributed by atoms with E-state index in [4.69, 9.17) is 18.9 Å². The highest BCUT2D eigenvalue weighted by Crippen LogP contribution is 2.54. The molecule has 0 spiro atoms. The van der Waals surface area contributed by atoms with Gasteiger partial charge in [0.2, 0.25) is 0 Å². The van der Waals surface area contributed by atoms with Gasteiger partial charge >= 0.3 is 11.9 Å².